The van der Waals surface area contributed by atoms with Crippen LogP contribution in [0.3, 0.4) is 0 Å². The van der Waals surface area contributed by atoms with Gasteiger partial charge in [0.15, 0.2) is 11.6 Å². The lowest BCUT2D eigenvalue weighted by Crippen LogP contribution is -2.22. The van der Waals surface area contributed by atoms with Gasteiger partial charge in [0.25, 0.3) is 0 Å². The molecule has 2 rings (SSSR count). The van der Waals surface area contributed by atoms with Gasteiger partial charge in [-0.2, -0.15) is 0 Å². The van der Waals surface area contributed by atoms with Gasteiger partial charge in [-0.3, -0.25) is 9.59 Å². The number of carbonyl (C=O) groups is 2. The van der Waals surface area contributed by atoms with Crippen molar-refractivity contribution in [1.82, 2.24) is 0 Å². The lowest BCUT2D eigenvalue weighted by molar-refractivity contribution is -0.118. The lowest BCUT2D eigenvalue weighted by atomic mass is 9.76. The van der Waals surface area contributed by atoms with Gasteiger partial charge in [0, 0.05) is 18.4 Å². The molecule has 2 aliphatic carbocycles. The molecule has 0 N–H and O–H groups in total. The van der Waals surface area contributed by atoms with E-state index in [9.17, 15) is 9.59 Å². The van der Waals surface area contributed by atoms with Crippen molar-refractivity contribution in [2.75, 3.05) is 0 Å². The van der Waals surface area contributed by atoms with E-state index in [2.05, 4.69) is 6.92 Å². The van der Waals surface area contributed by atoms with E-state index in [1.807, 2.05) is 0 Å². The topological polar surface area (TPSA) is 34.1 Å². The summed E-state index contributed by atoms with van der Waals surface area (Å²) >= 11 is 0. The quantitative estimate of drug-likeness (QED) is 0.545. The fourth-order valence-corrected chi connectivity index (χ4v) is 2.14. The first-order chi connectivity index (χ1) is 5.62. The van der Waals surface area contributed by atoms with Crippen LogP contribution in [0.15, 0.2) is 11.6 Å². The van der Waals surface area contributed by atoms with Gasteiger partial charge in [-0.05, 0) is 24.3 Å². The Morgan fingerprint density at radius 3 is 2.67 bits per heavy atom. The Bertz CT molecular complexity index is 288. The Morgan fingerprint density at radius 1 is 1.25 bits per heavy atom. The second-order valence-corrected chi connectivity index (χ2v) is 4.01. The Labute approximate surface area is 71.6 Å². The van der Waals surface area contributed by atoms with Crippen molar-refractivity contribution in [3.05, 3.63) is 11.6 Å². The number of fused-ring (bicyclic) bond motifs is 1. The maximum absolute atomic E-state index is 11.3. The SMILES string of the molecule is C[C@@]12CCC(=O)C=C1C(=O)CC2. The number of ketones is 2. The molecule has 1 saturated carbocycles. The monoisotopic (exact) mass is 164 g/mol. The molecule has 2 aliphatic rings. The van der Waals surface area contributed by atoms with Crippen molar-refractivity contribution in [3.63, 3.8) is 0 Å². The van der Waals surface area contributed by atoms with Crippen molar-refractivity contribution >= 4 is 11.6 Å². The van der Waals surface area contributed by atoms with Gasteiger partial charge in [-0.1, -0.05) is 6.92 Å². The van der Waals surface area contributed by atoms with Crippen LogP contribution in [0.1, 0.15) is 32.6 Å². The van der Waals surface area contributed by atoms with Gasteiger partial charge in [0.2, 0.25) is 0 Å². The van der Waals surface area contributed by atoms with Crippen LogP contribution in [-0.2, 0) is 9.59 Å². The van der Waals surface area contributed by atoms with Crippen LogP contribution < -0.4 is 0 Å². The molecule has 1 atom stereocenters. The molecule has 0 radical (unpaired) electrons. The molecule has 12 heavy (non-hydrogen) atoms. The van der Waals surface area contributed by atoms with Crippen LogP contribution in [0.5, 0.6) is 0 Å². The molecule has 0 aromatic rings. The van der Waals surface area contributed by atoms with Gasteiger partial charge >= 0.3 is 0 Å². The van der Waals surface area contributed by atoms with Crippen molar-refractivity contribution < 1.29 is 9.59 Å². The van der Waals surface area contributed by atoms with E-state index >= 15 is 0 Å². The van der Waals surface area contributed by atoms with Gasteiger partial charge in [0.05, 0.1) is 0 Å². The van der Waals surface area contributed by atoms with Crippen LogP contribution in [0.25, 0.3) is 0 Å². The fraction of sp³-hybridized carbons (Fsp3) is 0.600. The summed E-state index contributed by atoms with van der Waals surface area (Å²) in [4.78, 5) is 22.4. The van der Waals surface area contributed by atoms with E-state index in [0.717, 1.165) is 18.4 Å². The van der Waals surface area contributed by atoms with E-state index in [4.69, 9.17) is 0 Å². The highest BCUT2D eigenvalue weighted by Gasteiger charge is 2.41. The number of rotatable bonds is 0. The third kappa shape index (κ3) is 0.942. The normalized spacial score (nSPS) is 34.9. The molecule has 1 fully saturated rings. The molecular formula is C10H12O2. The maximum atomic E-state index is 11.3. The molecule has 2 heteroatoms. The van der Waals surface area contributed by atoms with E-state index < -0.39 is 0 Å². The highest BCUT2D eigenvalue weighted by molar-refractivity contribution is 6.06. The molecule has 0 amide bonds. The van der Waals surface area contributed by atoms with E-state index in [-0.39, 0.29) is 17.0 Å². The van der Waals surface area contributed by atoms with Crippen LogP contribution in [0.2, 0.25) is 0 Å². The zero-order valence-corrected chi connectivity index (χ0v) is 7.22. The molecular weight excluding hydrogens is 152 g/mol. The number of carbonyl (C=O) groups excluding carboxylic acids is 2. The standard InChI is InChI=1S/C10H12O2/c1-10-4-2-7(11)6-8(10)9(12)3-5-10/h6H,2-5H2,1H3/t10-/m0/s1. The fourth-order valence-electron chi connectivity index (χ4n) is 2.14. The molecule has 0 aliphatic heterocycles. The summed E-state index contributed by atoms with van der Waals surface area (Å²) in [7, 11) is 0. The minimum Gasteiger partial charge on any atom is -0.295 e. The van der Waals surface area contributed by atoms with Crippen molar-refractivity contribution in [2.24, 2.45) is 5.41 Å². The first kappa shape index (κ1) is 7.71. The number of allylic oxidation sites excluding steroid dienone is 2. The zero-order chi connectivity index (χ0) is 8.77. The Hall–Kier alpha value is -0.920. The Kier molecular flexibility index (Phi) is 1.47. The van der Waals surface area contributed by atoms with E-state index in [0.29, 0.717) is 12.8 Å². The molecule has 0 unspecified atom stereocenters. The number of Topliss-reactive ketones (excluding diaryl/α,β-unsaturated/α-hetero) is 1. The number of hydrogen-bond donors (Lipinski definition) is 0. The van der Waals surface area contributed by atoms with E-state index in [1.165, 1.54) is 0 Å². The molecule has 0 bridgehead atoms. The summed E-state index contributed by atoms with van der Waals surface area (Å²) in [5, 5.41) is 0. The van der Waals surface area contributed by atoms with Gasteiger partial charge in [-0.25, -0.2) is 0 Å². The van der Waals surface area contributed by atoms with Crippen molar-refractivity contribution in [1.29, 1.82) is 0 Å². The highest BCUT2D eigenvalue weighted by Crippen LogP contribution is 2.46. The first-order valence-electron chi connectivity index (χ1n) is 4.40. The van der Waals surface area contributed by atoms with Gasteiger partial charge < -0.3 is 0 Å². The molecule has 2 nitrogen and oxygen atoms in total. The van der Waals surface area contributed by atoms with Crippen LogP contribution in [0.4, 0.5) is 0 Å². The molecule has 0 heterocycles. The minimum absolute atomic E-state index is 0.0327. The molecule has 0 aromatic carbocycles. The van der Waals surface area contributed by atoms with Crippen molar-refractivity contribution in [3.8, 4) is 0 Å². The first-order valence-corrected chi connectivity index (χ1v) is 4.40. The van der Waals surface area contributed by atoms with E-state index in [1.54, 1.807) is 6.08 Å². The van der Waals surface area contributed by atoms with Crippen LogP contribution in [-0.4, -0.2) is 11.6 Å². The highest BCUT2D eigenvalue weighted by atomic mass is 16.1. The predicted octanol–water partition coefficient (Wildman–Crippen LogP) is 1.64. The number of hydrogen-bond acceptors (Lipinski definition) is 2. The molecule has 0 aromatic heterocycles. The summed E-state index contributed by atoms with van der Waals surface area (Å²) in [6.45, 7) is 2.09. The summed E-state index contributed by atoms with van der Waals surface area (Å²) in [6, 6.07) is 0. The Morgan fingerprint density at radius 2 is 1.92 bits per heavy atom. The second kappa shape index (κ2) is 2.28. The van der Waals surface area contributed by atoms with Crippen molar-refractivity contribution in [2.45, 2.75) is 32.6 Å². The summed E-state index contributed by atoms with van der Waals surface area (Å²) in [5.41, 5.74) is 0.823. The summed E-state index contributed by atoms with van der Waals surface area (Å²) in [5.74, 6) is 0.309. The average molecular weight is 164 g/mol. The molecule has 64 valence electrons. The maximum Gasteiger partial charge on any atom is 0.159 e. The third-order valence-electron chi connectivity index (χ3n) is 3.08. The average Bonchev–Trinajstić information content (AvgIpc) is 2.31. The smallest absolute Gasteiger partial charge is 0.159 e. The molecule has 0 saturated heterocycles. The van der Waals surface area contributed by atoms with Gasteiger partial charge in [-0.15, -0.1) is 0 Å². The zero-order valence-electron chi connectivity index (χ0n) is 7.22. The summed E-state index contributed by atoms with van der Waals surface area (Å²) in [6.07, 6.45) is 4.62. The van der Waals surface area contributed by atoms with Crippen LogP contribution >= 0.6 is 0 Å². The second-order valence-electron chi connectivity index (χ2n) is 4.01. The predicted molar refractivity (Wildman–Crippen MR) is 44.7 cm³/mol. The minimum atomic E-state index is 0.0327. The lowest BCUT2D eigenvalue weighted by Gasteiger charge is -2.27. The summed E-state index contributed by atoms with van der Waals surface area (Å²) < 4.78 is 0. The van der Waals surface area contributed by atoms with Gasteiger partial charge in [0.1, 0.15) is 0 Å². The molecule has 0 spiro atoms. The third-order valence-corrected chi connectivity index (χ3v) is 3.08. The Balaban J connectivity index is 2.44. The van der Waals surface area contributed by atoms with Crippen LogP contribution in [0, 0.1) is 5.41 Å². The largest absolute Gasteiger partial charge is 0.295 e.